The van der Waals surface area contributed by atoms with Crippen molar-refractivity contribution in [3.8, 4) is 5.75 Å². The molecular weight excluding hydrogens is 228 g/mol. The average molecular weight is 246 g/mol. The number of hydrogen-bond donors (Lipinski definition) is 2. The molecule has 0 amide bonds. The van der Waals surface area contributed by atoms with E-state index in [1.54, 1.807) is 14.2 Å². The fourth-order valence-electron chi connectivity index (χ4n) is 1.99. The fourth-order valence-corrected chi connectivity index (χ4v) is 1.99. The van der Waals surface area contributed by atoms with E-state index in [2.05, 4.69) is 0 Å². The number of allylic oxidation sites excluding steroid dienone is 2. The Balaban J connectivity index is 2.33. The van der Waals surface area contributed by atoms with Gasteiger partial charge in [0.1, 0.15) is 11.5 Å². The largest absolute Gasteiger partial charge is 0.495 e. The molecule has 0 radical (unpaired) electrons. The first-order chi connectivity index (χ1) is 8.58. The number of nitrogen functional groups attached to an aromatic ring is 1. The Labute approximate surface area is 107 Å². The van der Waals surface area contributed by atoms with Crippen LogP contribution >= 0.6 is 0 Å². The van der Waals surface area contributed by atoms with E-state index in [0.29, 0.717) is 17.9 Å². The third-order valence-electron chi connectivity index (χ3n) is 3.13. The summed E-state index contributed by atoms with van der Waals surface area (Å²) in [5.74, 6) is 0.669. The van der Waals surface area contributed by atoms with Gasteiger partial charge in [0.15, 0.2) is 0 Å². The molecule has 0 spiro atoms. The molecule has 1 aliphatic rings. The van der Waals surface area contributed by atoms with Crippen molar-refractivity contribution < 1.29 is 9.47 Å². The molecule has 0 heterocycles. The van der Waals surface area contributed by atoms with Crippen LogP contribution < -0.4 is 16.2 Å². The molecule has 0 fully saturated rings. The zero-order chi connectivity index (χ0) is 13.2. The molecule has 1 unspecified atom stereocenters. The van der Waals surface area contributed by atoms with Gasteiger partial charge in [0, 0.05) is 13.5 Å². The maximum absolute atomic E-state index is 6.08. The molecule has 0 aliphatic heterocycles. The van der Waals surface area contributed by atoms with Crippen molar-refractivity contribution >= 4 is 11.3 Å². The molecule has 1 aliphatic carbocycles. The zero-order valence-electron chi connectivity index (χ0n) is 10.6. The first-order valence-corrected chi connectivity index (χ1v) is 5.74. The summed E-state index contributed by atoms with van der Waals surface area (Å²) in [5, 5.41) is 0. The van der Waals surface area contributed by atoms with Crippen LogP contribution in [0.4, 0.5) is 5.69 Å². The van der Waals surface area contributed by atoms with E-state index < -0.39 is 5.72 Å². The maximum atomic E-state index is 6.08. The highest BCUT2D eigenvalue weighted by Gasteiger charge is 2.25. The standard InChI is InChI=1S/C14H18N2O2/c1-17-13-8-10(5-6-12(13)15)11-4-3-7-14(16,9-11)18-2/h3-8H,9,15-16H2,1-2H3. The van der Waals surface area contributed by atoms with Gasteiger partial charge < -0.3 is 15.2 Å². The lowest BCUT2D eigenvalue weighted by Crippen LogP contribution is -2.40. The van der Waals surface area contributed by atoms with Gasteiger partial charge in [-0.05, 0) is 29.3 Å². The summed E-state index contributed by atoms with van der Waals surface area (Å²) < 4.78 is 10.5. The van der Waals surface area contributed by atoms with E-state index in [1.807, 2.05) is 36.4 Å². The molecule has 1 aromatic rings. The van der Waals surface area contributed by atoms with Gasteiger partial charge >= 0.3 is 0 Å². The van der Waals surface area contributed by atoms with Crippen LogP contribution in [0.15, 0.2) is 36.4 Å². The second kappa shape index (κ2) is 4.84. The van der Waals surface area contributed by atoms with Crippen LogP contribution in [0.2, 0.25) is 0 Å². The molecule has 0 saturated carbocycles. The number of nitrogens with two attached hydrogens (primary N) is 2. The monoisotopic (exact) mass is 246 g/mol. The van der Waals surface area contributed by atoms with Crippen LogP contribution in [0.1, 0.15) is 12.0 Å². The van der Waals surface area contributed by atoms with Gasteiger partial charge in [-0.2, -0.15) is 0 Å². The smallest absolute Gasteiger partial charge is 0.142 e. The van der Waals surface area contributed by atoms with Crippen LogP contribution in [0, 0.1) is 0 Å². The van der Waals surface area contributed by atoms with Crippen molar-refractivity contribution in [3.63, 3.8) is 0 Å². The predicted molar refractivity (Wildman–Crippen MR) is 73.1 cm³/mol. The number of methoxy groups -OCH3 is 2. The summed E-state index contributed by atoms with van der Waals surface area (Å²) in [5.41, 5.74) is 13.9. The van der Waals surface area contributed by atoms with Crippen molar-refractivity contribution in [2.24, 2.45) is 5.73 Å². The lowest BCUT2D eigenvalue weighted by atomic mass is 9.92. The molecule has 1 atom stereocenters. The van der Waals surface area contributed by atoms with Gasteiger partial charge in [0.25, 0.3) is 0 Å². The average Bonchev–Trinajstić information content (AvgIpc) is 2.39. The van der Waals surface area contributed by atoms with Gasteiger partial charge in [0.2, 0.25) is 0 Å². The Hall–Kier alpha value is -1.78. The summed E-state index contributed by atoms with van der Waals surface area (Å²) in [7, 11) is 3.21. The van der Waals surface area contributed by atoms with E-state index in [4.69, 9.17) is 20.9 Å². The van der Waals surface area contributed by atoms with Crippen molar-refractivity contribution in [1.29, 1.82) is 0 Å². The summed E-state index contributed by atoms with van der Waals surface area (Å²) in [6.07, 6.45) is 6.40. The SMILES string of the molecule is COc1cc(C2=CC=CC(N)(OC)C2)ccc1N. The minimum Gasteiger partial charge on any atom is -0.495 e. The Kier molecular flexibility index (Phi) is 3.41. The van der Waals surface area contributed by atoms with E-state index in [9.17, 15) is 0 Å². The van der Waals surface area contributed by atoms with E-state index in [-0.39, 0.29) is 0 Å². The van der Waals surface area contributed by atoms with Crippen LogP contribution in [-0.2, 0) is 4.74 Å². The zero-order valence-corrected chi connectivity index (χ0v) is 10.6. The summed E-state index contributed by atoms with van der Waals surface area (Å²) >= 11 is 0. The first-order valence-electron chi connectivity index (χ1n) is 5.74. The number of anilines is 1. The summed E-state index contributed by atoms with van der Waals surface area (Å²) in [6, 6.07) is 5.70. The van der Waals surface area contributed by atoms with Gasteiger partial charge in [-0.25, -0.2) is 0 Å². The van der Waals surface area contributed by atoms with Crippen molar-refractivity contribution in [1.82, 2.24) is 0 Å². The molecule has 0 bridgehead atoms. The Bertz CT molecular complexity index is 509. The quantitative estimate of drug-likeness (QED) is 0.631. The molecule has 18 heavy (non-hydrogen) atoms. The van der Waals surface area contributed by atoms with Crippen molar-refractivity contribution in [3.05, 3.63) is 42.0 Å². The molecule has 2 rings (SSSR count). The second-order valence-corrected chi connectivity index (χ2v) is 4.34. The van der Waals surface area contributed by atoms with Gasteiger partial charge in [-0.1, -0.05) is 18.2 Å². The number of rotatable bonds is 3. The molecule has 4 heteroatoms. The van der Waals surface area contributed by atoms with E-state index >= 15 is 0 Å². The summed E-state index contributed by atoms with van der Waals surface area (Å²) in [6.45, 7) is 0. The number of ether oxygens (including phenoxy) is 2. The molecule has 4 N–H and O–H groups in total. The predicted octanol–water partition coefficient (Wildman–Crippen LogP) is 1.92. The Morgan fingerprint density at radius 2 is 2.06 bits per heavy atom. The van der Waals surface area contributed by atoms with Crippen LogP contribution in [0.25, 0.3) is 5.57 Å². The molecular formula is C14H18N2O2. The van der Waals surface area contributed by atoms with Gasteiger partial charge in [-0.3, -0.25) is 5.73 Å². The number of hydrogen-bond acceptors (Lipinski definition) is 4. The third-order valence-corrected chi connectivity index (χ3v) is 3.13. The minimum atomic E-state index is -0.737. The van der Waals surface area contributed by atoms with Crippen molar-refractivity contribution in [2.75, 3.05) is 20.0 Å². The minimum absolute atomic E-state index is 0.618. The van der Waals surface area contributed by atoms with Gasteiger partial charge in [0.05, 0.1) is 12.8 Å². The topological polar surface area (TPSA) is 70.5 Å². The normalized spacial score (nSPS) is 22.7. The molecule has 96 valence electrons. The lowest BCUT2D eigenvalue weighted by molar-refractivity contribution is 0.0417. The molecule has 0 saturated heterocycles. The second-order valence-electron chi connectivity index (χ2n) is 4.34. The van der Waals surface area contributed by atoms with Crippen LogP contribution in [0.3, 0.4) is 0 Å². The third kappa shape index (κ3) is 2.39. The highest BCUT2D eigenvalue weighted by atomic mass is 16.5. The first kappa shape index (κ1) is 12.7. The Morgan fingerprint density at radius 1 is 1.28 bits per heavy atom. The lowest BCUT2D eigenvalue weighted by Gasteiger charge is -2.28. The summed E-state index contributed by atoms with van der Waals surface area (Å²) in [4.78, 5) is 0. The van der Waals surface area contributed by atoms with Crippen LogP contribution in [0.5, 0.6) is 5.75 Å². The maximum Gasteiger partial charge on any atom is 0.142 e. The van der Waals surface area contributed by atoms with Crippen molar-refractivity contribution in [2.45, 2.75) is 12.1 Å². The van der Waals surface area contributed by atoms with Gasteiger partial charge in [-0.15, -0.1) is 0 Å². The Morgan fingerprint density at radius 3 is 2.72 bits per heavy atom. The van der Waals surface area contributed by atoms with E-state index in [0.717, 1.165) is 11.1 Å². The van der Waals surface area contributed by atoms with Crippen LogP contribution in [-0.4, -0.2) is 19.9 Å². The molecule has 0 aromatic heterocycles. The highest BCUT2D eigenvalue weighted by molar-refractivity contribution is 5.73. The number of benzene rings is 1. The fraction of sp³-hybridized carbons (Fsp3) is 0.286. The van der Waals surface area contributed by atoms with E-state index in [1.165, 1.54) is 0 Å². The highest BCUT2D eigenvalue weighted by Crippen LogP contribution is 2.32. The molecule has 4 nitrogen and oxygen atoms in total. The molecule has 1 aromatic carbocycles.